The van der Waals surface area contributed by atoms with Crippen LogP contribution in [-0.2, 0) is 19.1 Å². The maximum absolute atomic E-state index is 13.7. The average molecular weight is 707 g/mol. The van der Waals surface area contributed by atoms with E-state index in [0.29, 0.717) is 17.0 Å². The van der Waals surface area contributed by atoms with Crippen LogP contribution in [0.2, 0.25) is 0 Å². The van der Waals surface area contributed by atoms with Crippen LogP contribution in [0.5, 0.6) is 0 Å². The minimum atomic E-state index is -0.873. The van der Waals surface area contributed by atoms with Crippen molar-refractivity contribution in [3.63, 3.8) is 0 Å². The number of methoxy groups -OCH3 is 1. The standard InChI is InChI=1S/C32H47N5O6.3ClH/c1-23-27(30(38)42-5)29(25-10-9-11-26(20-25)37(40)41)28(24(2)33-23)31(39)43-22-32(3,4)21-36-18-16-35(17-19-36)15-14-34-12-7-6-8-13-34;;;/h9-11,20,29,33H,6-8,12-19,21-22H2,1-5H3;3*1H. The van der Waals surface area contributed by atoms with Crippen LogP contribution < -0.4 is 5.32 Å². The number of piperazine rings is 1. The third-order valence-electron chi connectivity index (χ3n) is 8.69. The number of nitro groups is 1. The van der Waals surface area contributed by atoms with Crippen LogP contribution in [0.15, 0.2) is 46.8 Å². The molecular weight excluding hydrogens is 657 g/mol. The average Bonchev–Trinajstić information content (AvgIpc) is 2.99. The highest BCUT2D eigenvalue weighted by Crippen LogP contribution is 2.40. The van der Waals surface area contributed by atoms with Crippen molar-refractivity contribution in [1.29, 1.82) is 0 Å². The number of ether oxygens (including phenoxy) is 2. The van der Waals surface area contributed by atoms with Crippen molar-refractivity contribution in [2.75, 3.05) is 72.6 Å². The zero-order chi connectivity index (χ0) is 31.1. The molecular formula is C32H50Cl3N5O6. The van der Waals surface area contributed by atoms with Gasteiger partial charge < -0.3 is 24.6 Å². The molecule has 2 saturated heterocycles. The van der Waals surface area contributed by atoms with Gasteiger partial charge in [0.2, 0.25) is 0 Å². The number of dihydropyridines is 1. The van der Waals surface area contributed by atoms with Gasteiger partial charge >= 0.3 is 11.9 Å². The van der Waals surface area contributed by atoms with Crippen LogP contribution >= 0.6 is 37.2 Å². The van der Waals surface area contributed by atoms with Crippen LogP contribution in [0.4, 0.5) is 5.69 Å². The number of hydrogen-bond acceptors (Lipinski definition) is 10. The van der Waals surface area contributed by atoms with E-state index >= 15 is 0 Å². The molecule has 3 aliphatic heterocycles. The molecule has 1 unspecified atom stereocenters. The predicted molar refractivity (Wildman–Crippen MR) is 186 cm³/mol. The number of allylic oxidation sites excluding steroid dienone is 2. The van der Waals surface area contributed by atoms with E-state index in [1.165, 1.54) is 51.6 Å². The largest absolute Gasteiger partial charge is 0.466 e. The Balaban J connectivity index is 0.00000353. The highest BCUT2D eigenvalue weighted by Gasteiger charge is 2.39. The summed E-state index contributed by atoms with van der Waals surface area (Å²) in [7, 11) is 1.27. The molecule has 1 aromatic rings. The van der Waals surface area contributed by atoms with Gasteiger partial charge in [-0.05, 0) is 45.3 Å². The highest BCUT2D eigenvalue weighted by molar-refractivity contribution is 5.99. The van der Waals surface area contributed by atoms with Gasteiger partial charge in [-0.15, -0.1) is 37.2 Å². The van der Waals surface area contributed by atoms with E-state index < -0.39 is 22.8 Å². The number of nitrogens with zero attached hydrogens (tertiary/aromatic N) is 4. The predicted octanol–water partition coefficient (Wildman–Crippen LogP) is 4.94. The van der Waals surface area contributed by atoms with Crippen molar-refractivity contribution in [1.82, 2.24) is 20.0 Å². The molecule has 0 amide bonds. The van der Waals surface area contributed by atoms with Crippen LogP contribution in [0, 0.1) is 15.5 Å². The number of esters is 2. The Morgan fingerprint density at radius 3 is 2.00 bits per heavy atom. The van der Waals surface area contributed by atoms with Crippen LogP contribution in [0.3, 0.4) is 0 Å². The Morgan fingerprint density at radius 2 is 1.43 bits per heavy atom. The summed E-state index contributed by atoms with van der Waals surface area (Å²) < 4.78 is 11.0. The summed E-state index contributed by atoms with van der Waals surface area (Å²) in [5.41, 5.74) is 1.52. The molecule has 0 saturated carbocycles. The Kier molecular flexibility index (Phi) is 17.0. The van der Waals surface area contributed by atoms with Gasteiger partial charge in [0.05, 0.1) is 35.7 Å². The van der Waals surface area contributed by atoms with Gasteiger partial charge in [-0.2, -0.15) is 0 Å². The second-order valence-electron chi connectivity index (χ2n) is 12.7. The van der Waals surface area contributed by atoms with Crippen molar-refractivity contribution in [3.05, 3.63) is 62.5 Å². The van der Waals surface area contributed by atoms with E-state index in [2.05, 4.69) is 33.9 Å². The zero-order valence-electron chi connectivity index (χ0n) is 27.5. The van der Waals surface area contributed by atoms with Crippen molar-refractivity contribution < 1.29 is 24.0 Å². The lowest BCUT2D eigenvalue weighted by molar-refractivity contribution is -0.384. The second-order valence-corrected chi connectivity index (χ2v) is 12.7. The molecule has 0 spiro atoms. The van der Waals surface area contributed by atoms with E-state index in [0.717, 1.165) is 45.8 Å². The molecule has 1 N–H and O–H groups in total. The minimum Gasteiger partial charge on any atom is -0.466 e. The smallest absolute Gasteiger partial charge is 0.336 e. The number of halogens is 3. The number of hydrogen-bond donors (Lipinski definition) is 1. The van der Waals surface area contributed by atoms with Gasteiger partial charge in [-0.1, -0.05) is 32.4 Å². The SMILES string of the molecule is COC(=O)C1=C(C)NC(C)=C(C(=O)OCC(C)(C)CN2CCN(CCN3CCCCC3)CC2)C1c1cccc([N+](=O)[O-])c1.Cl.Cl.Cl. The van der Waals surface area contributed by atoms with Crippen molar-refractivity contribution in [2.24, 2.45) is 5.41 Å². The molecule has 3 aliphatic rings. The fourth-order valence-electron chi connectivity index (χ4n) is 6.42. The molecule has 1 aromatic carbocycles. The van der Waals surface area contributed by atoms with E-state index in [1.54, 1.807) is 26.0 Å². The first-order valence-electron chi connectivity index (χ1n) is 15.3. The van der Waals surface area contributed by atoms with E-state index in [-0.39, 0.29) is 66.1 Å². The Hall–Kier alpha value is -2.41. The zero-order valence-corrected chi connectivity index (χ0v) is 30.0. The monoisotopic (exact) mass is 705 g/mol. The number of benzene rings is 1. The lowest BCUT2D eigenvalue weighted by Gasteiger charge is -2.39. The van der Waals surface area contributed by atoms with Gasteiger partial charge in [0.15, 0.2) is 0 Å². The van der Waals surface area contributed by atoms with Crippen LogP contribution in [-0.4, -0.2) is 104 Å². The fraction of sp³-hybridized carbons (Fsp3) is 0.625. The number of carbonyl (C=O) groups excluding carboxylic acids is 2. The Bertz CT molecular complexity index is 1260. The van der Waals surface area contributed by atoms with Crippen LogP contribution in [0.1, 0.15) is 58.4 Å². The third-order valence-corrected chi connectivity index (χ3v) is 8.69. The number of nitro benzene ring substituents is 1. The molecule has 0 aliphatic carbocycles. The summed E-state index contributed by atoms with van der Waals surface area (Å²) in [5.74, 6) is -2.05. The van der Waals surface area contributed by atoms with Gasteiger partial charge in [0, 0.05) is 74.8 Å². The summed E-state index contributed by atoms with van der Waals surface area (Å²) in [6.45, 7) is 17.4. The molecule has 0 aromatic heterocycles. The summed E-state index contributed by atoms with van der Waals surface area (Å²) in [6.07, 6.45) is 4.00. The number of non-ortho nitro benzene ring substituents is 1. The first-order chi connectivity index (χ1) is 20.5. The summed E-state index contributed by atoms with van der Waals surface area (Å²) >= 11 is 0. The molecule has 260 valence electrons. The molecule has 11 nitrogen and oxygen atoms in total. The topological polar surface area (TPSA) is 117 Å². The molecule has 14 heteroatoms. The van der Waals surface area contributed by atoms with E-state index in [9.17, 15) is 19.7 Å². The maximum Gasteiger partial charge on any atom is 0.336 e. The number of rotatable bonds is 11. The fourth-order valence-corrected chi connectivity index (χ4v) is 6.42. The first kappa shape index (κ1) is 41.6. The number of carbonyl (C=O) groups is 2. The lowest BCUT2D eigenvalue weighted by atomic mass is 9.80. The van der Waals surface area contributed by atoms with Crippen molar-refractivity contribution in [2.45, 2.75) is 52.9 Å². The van der Waals surface area contributed by atoms with Gasteiger partial charge in [0.25, 0.3) is 5.69 Å². The lowest BCUT2D eigenvalue weighted by Crippen LogP contribution is -2.51. The van der Waals surface area contributed by atoms with Gasteiger partial charge in [-0.3, -0.25) is 15.0 Å². The van der Waals surface area contributed by atoms with Crippen molar-refractivity contribution in [3.8, 4) is 0 Å². The molecule has 0 radical (unpaired) electrons. The van der Waals surface area contributed by atoms with Gasteiger partial charge in [-0.25, -0.2) is 9.59 Å². The van der Waals surface area contributed by atoms with Crippen molar-refractivity contribution >= 4 is 54.8 Å². The molecule has 0 bridgehead atoms. The molecule has 1 atom stereocenters. The first-order valence-corrected chi connectivity index (χ1v) is 15.3. The normalized spacial score (nSPS) is 19.6. The second kappa shape index (κ2) is 18.8. The number of nitrogens with one attached hydrogen (secondary N) is 1. The Labute approximate surface area is 291 Å². The summed E-state index contributed by atoms with van der Waals surface area (Å²) in [5, 5.41) is 14.6. The quantitative estimate of drug-likeness (QED) is 0.193. The maximum atomic E-state index is 13.7. The minimum absolute atomic E-state index is 0. The molecule has 3 heterocycles. The Morgan fingerprint density at radius 1 is 0.891 bits per heavy atom. The summed E-state index contributed by atoms with van der Waals surface area (Å²) in [4.78, 5) is 45.2. The molecule has 2 fully saturated rings. The molecule has 4 rings (SSSR count). The number of piperidine rings is 1. The van der Waals surface area contributed by atoms with E-state index in [4.69, 9.17) is 9.47 Å². The van der Waals surface area contributed by atoms with E-state index in [1.807, 2.05) is 0 Å². The highest BCUT2D eigenvalue weighted by atomic mass is 35.5. The number of likely N-dealkylation sites (tertiary alicyclic amines) is 1. The summed E-state index contributed by atoms with van der Waals surface area (Å²) in [6, 6.07) is 6.00. The van der Waals surface area contributed by atoms with Crippen LogP contribution in [0.25, 0.3) is 0 Å². The van der Waals surface area contributed by atoms with Gasteiger partial charge in [0.1, 0.15) is 0 Å². The molecule has 46 heavy (non-hydrogen) atoms. The third kappa shape index (κ3) is 10.8.